The van der Waals surface area contributed by atoms with E-state index in [0.717, 1.165) is 40.0 Å². The summed E-state index contributed by atoms with van der Waals surface area (Å²) >= 11 is 6.25. The Labute approximate surface area is 181 Å². The normalized spacial score (nSPS) is 13.5. The van der Waals surface area contributed by atoms with Crippen LogP contribution in [0, 0.1) is 0 Å². The lowest BCUT2D eigenvalue weighted by molar-refractivity contribution is -0.137. The molecule has 1 aliphatic rings. The monoisotopic (exact) mass is 498 g/mol. The highest BCUT2D eigenvalue weighted by molar-refractivity contribution is 9.10. The molecule has 0 unspecified atom stereocenters. The van der Waals surface area contributed by atoms with Gasteiger partial charge < -0.3 is 0 Å². The van der Waals surface area contributed by atoms with Crippen molar-refractivity contribution in [3.05, 3.63) is 80.2 Å². The zero-order chi connectivity index (χ0) is 20.6. The molecule has 4 rings (SSSR count). The first-order valence-corrected chi connectivity index (χ1v) is 11.4. The quantitative estimate of drug-likeness (QED) is 0.328. The maximum Gasteiger partial charge on any atom is 0.416 e. The predicted octanol–water partition coefficient (Wildman–Crippen LogP) is 5.95. The fourth-order valence-corrected chi connectivity index (χ4v) is 5.22. The fourth-order valence-electron chi connectivity index (χ4n) is 2.94. The lowest BCUT2D eigenvalue weighted by atomic mass is 10.1. The Morgan fingerprint density at radius 2 is 1.79 bits per heavy atom. The summed E-state index contributed by atoms with van der Waals surface area (Å²) in [5.74, 6) is 1.23. The minimum atomic E-state index is -4.35. The van der Waals surface area contributed by atoms with Crippen LogP contribution in [0.2, 0.25) is 0 Å². The molecule has 0 amide bonds. The molecule has 29 heavy (non-hydrogen) atoms. The second kappa shape index (κ2) is 8.20. The second-order valence-corrected chi connectivity index (χ2v) is 9.33. The predicted molar refractivity (Wildman–Crippen MR) is 113 cm³/mol. The first-order chi connectivity index (χ1) is 13.8. The highest BCUT2D eigenvalue weighted by Crippen LogP contribution is 2.32. The molecule has 0 saturated heterocycles. The van der Waals surface area contributed by atoms with Crippen LogP contribution in [0.15, 0.2) is 67.9 Å². The van der Waals surface area contributed by atoms with Crippen molar-refractivity contribution in [1.29, 1.82) is 0 Å². The molecule has 0 atom stereocenters. The molecule has 0 saturated carbocycles. The molecule has 0 fully saturated rings. The molecule has 2 heterocycles. The van der Waals surface area contributed by atoms with Gasteiger partial charge in [-0.3, -0.25) is 9.36 Å². The van der Waals surface area contributed by atoms with Crippen LogP contribution in [0.25, 0.3) is 5.69 Å². The van der Waals surface area contributed by atoms with Crippen molar-refractivity contribution in [2.24, 2.45) is 0 Å². The van der Waals surface area contributed by atoms with Crippen molar-refractivity contribution in [2.75, 3.05) is 5.75 Å². The number of alkyl halides is 3. The summed E-state index contributed by atoms with van der Waals surface area (Å²) in [5.41, 5.74) is 1.45. The molecule has 0 radical (unpaired) electrons. The van der Waals surface area contributed by atoms with E-state index < -0.39 is 11.7 Å². The molecular formula is C20H14BrF3N2OS2. The Balaban J connectivity index is 1.67. The van der Waals surface area contributed by atoms with Crippen LogP contribution in [-0.2, 0) is 18.3 Å². The number of fused-ring (bicyclic) bond motifs is 1. The lowest BCUT2D eigenvalue weighted by Gasteiger charge is -2.14. The summed E-state index contributed by atoms with van der Waals surface area (Å²) in [6.07, 6.45) is -3.61. The van der Waals surface area contributed by atoms with Gasteiger partial charge in [-0.25, -0.2) is 4.98 Å². The van der Waals surface area contributed by atoms with Crippen LogP contribution in [0.4, 0.5) is 13.2 Å². The van der Waals surface area contributed by atoms with Gasteiger partial charge in [0.2, 0.25) is 0 Å². The van der Waals surface area contributed by atoms with Crippen LogP contribution in [0.5, 0.6) is 0 Å². The van der Waals surface area contributed by atoms with E-state index in [1.165, 1.54) is 35.7 Å². The molecule has 150 valence electrons. The summed E-state index contributed by atoms with van der Waals surface area (Å²) in [6.45, 7) is 0. The summed E-state index contributed by atoms with van der Waals surface area (Å²) in [6, 6.07) is 12.4. The van der Waals surface area contributed by atoms with E-state index in [1.54, 1.807) is 4.57 Å². The van der Waals surface area contributed by atoms with Crippen LogP contribution in [0.1, 0.15) is 16.8 Å². The van der Waals surface area contributed by atoms with E-state index >= 15 is 0 Å². The minimum Gasteiger partial charge on any atom is -0.268 e. The Bertz CT molecular complexity index is 1100. The maximum atomic E-state index is 13.1. The van der Waals surface area contributed by atoms with Crippen LogP contribution < -0.4 is 5.56 Å². The summed E-state index contributed by atoms with van der Waals surface area (Å²) < 4.78 is 40.7. The molecule has 1 aliphatic heterocycles. The summed E-state index contributed by atoms with van der Waals surface area (Å²) in [4.78, 5) is 18.5. The fraction of sp³-hybridized carbons (Fsp3) is 0.200. The smallest absolute Gasteiger partial charge is 0.268 e. The van der Waals surface area contributed by atoms with Gasteiger partial charge in [-0.15, -0.1) is 11.8 Å². The van der Waals surface area contributed by atoms with Crippen LogP contribution >= 0.6 is 39.5 Å². The van der Waals surface area contributed by atoms with Crippen molar-refractivity contribution < 1.29 is 13.2 Å². The number of halogens is 4. The molecule has 0 bridgehead atoms. The van der Waals surface area contributed by atoms with Crippen LogP contribution in [0.3, 0.4) is 0 Å². The zero-order valence-corrected chi connectivity index (χ0v) is 18.1. The molecule has 1 aromatic heterocycles. The first kappa shape index (κ1) is 20.6. The molecule has 0 aliphatic carbocycles. The topological polar surface area (TPSA) is 34.9 Å². The van der Waals surface area contributed by atoms with Gasteiger partial charge in [0.15, 0.2) is 5.16 Å². The van der Waals surface area contributed by atoms with Crippen molar-refractivity contribution >= 4 is 39.5 Å². The number of hydrogen-bond acceptors (Lipinski definition) is 4. The van der Waals surface area contributed by atoms with Gasteiger partial charge in [-0.05, 0) is 42.0 Å². The second-order valence-electron chi connectivity index (χ2n) is 6.37. The van der Waals surface area contributed by atoms with E-state index in [0.29, 0.717) is 21.5 Å². The third-order valence-electron chi connectivity index (χ3n) is 4.40. The highest BCUT2D eigenvalue weighted by Gasteiger charge is 2.30. The van der Waals surface area contributed by atoms with Crippen LogP contribution in [-0.4, -0.2) is 15.3 Å². The minimum absolute atomic E-state index is 0.102. The van der Waals surface area contributed by atoms with E-state index in [1.807, 2.05) is 24.3 Å². The first-order valence-electron chi connectivity index (χ1n) is 8.66. The molecule has 3 nitrogen and oxygen atoms in total. The molecule has 0 spiro atoms. The molecule has 2 aromatic carbocycles. The Morgan fingerprint density at radius 1 is 1.10 bits per heavy atom. The van der Waals surface area contributed by atoms with Gasteiger partial charge in [0.05, 0.1) is 21.8 Å². The van der Waals surface area contributed by atoms with Gasteiger partial charge in [-0.2, -0.15) is 13.2 Å². The summed E-state index contributed by atoms with van der Waals surface area (Å²) in [5, 5.41) is 0.540. The van der Waals surface area contributed by atoms with Crippen molar-refractivity contribution in [3.63, 3.8) is 0 Å². The number of benzene rings is 2. The average Bonchev–Trinajstić information content (AvgIpc) is 3.16. The average molecular weight is 499 g/mol. The van der Waals surface area contributed by atoms with Gasteiger partial charge in [0, 0.05) is 22.4 Å². The number of thioether (sulfide) groups is 2. The third-order valence-corrected chi connectivity index (χ3v) is 7.05. The number of rotatable bonds is 4. The largest absolute Gasteiger partial charge is 0.416 e. The molecule has 3 aromatic rings. The standard InChI is InChI=1S/C20H14BrF3N2OS2/c21-14-5-7-15(8-6-14)26-18(27)17-16(9-10-28-17)25-19(26)29-11-12-1-3-13(4-2-12)20(22,23)24/h1-8H,9-11H2. The van der Waals surface area contributed by atoms with E-state index in [4.69, 9.17) is 4.98 Å². The lowest BCUT2D eigenvalue weighted by Crippen LogP contribution is -2.23. The van der Waals surface area contributed by atoms with Crippen molar-refractivity contribution in [2.45, 2.75) is 28.4 Å². The molecule has 9 heteroatoms. The summed E-state index contributed by atoms with van der Waals surface area (Å²) in [7, 11) is 0. The number of aryl methyl sites for hydroxylation is 1. The number of aromatic nitrogens is 2. The Morgan fingerprint density at radius 3 is 2.45 bits per heavy atom. The van der Waals surface area contributed by atoms with Crippen molar-refractivity contribution in [1.82, 2.24) is 9.55 Å². The van der Waals surface area contributed by atoms with E-state index in [9.17, 15) is 18.0 Å². The Hall–Kier alpha value is -1.71. The number of hydrogen-bond donors (Lipinski definition) is 0. The zero-order valence-electron chi connectivity index (χ0n) is 14.9. The van der Waals surface area contributed by atoms with E-state index in [-0.39, 0.29) is 5.56 Å². The maximum absolute atomic E-state index is 13.1. The third kappa shape index (κ3) is 4.41. The van der Waals surface area contributed by atoms with E-state index in [2.05, 4.69) is 15.9 Å². The van der Waals surface area contributed by atoms with Gasteiger partial charge in [0.1, 0.15) is 0 Å². The van der Waals surface area contributed by atoms with Gasteiger partial charge in [-0.1, -0.05) is 39.8 Å². The Kier molecular flexibility index (Phi) is 5.81. The van der Waals surface area contributed by atoms with Gasteiger partial charge >= 0.3 is 6.18 Å². The highest BCUT2D eigenvalue weighted by atomic mass is 79.9. The van der Waals surface area contributed by atoms with Gasteiger partial charge in [0.25, 0.3) is 5.56 Å². The molecule has 0 N–H and O–H groups in total. The SMILES string of the molecule is O=c1c2c(nc(SCc3ccc(C(F)(F)F)cc3)n1-c1ccc(Br)cc1)CCS2. The molecular weight excluding hydrogens is 485 g/mol. The number of nitrogens with zero attached hydrogens (tertiary/aromatic N) is 2. The van der Waals surface area contributed by atoms with Crippen molar-refractivity contribution in [3.8, 4) is 5.69 Å².